The second-order valence-electron chi connectivity index (χ2n) is 14.1. The number of hydrogen-bond donors (Lipinski definition) is 2. The van der Waals surface area contributed by atoms with Crippen molar-refractivity contribution < 1.29 is 19.1 Å². The number of pyridine rings is 4. The number of nitrogens with one attached hydrogen (secondary N) is 2. The second kappa shape index (κ2) is 14.7. The summed E-state index contributed by atoms with van der Waals surface area (Å²) < 4.78 is 13.4. The van der Waals surface area contributed by atoms with E-state index in [2.05, 4.69) is 73.0 Å². The fraction of sp³-hybridized carbons (Fsp3) is 0.289. The topological polar surface area (TPSA) is 162 Å². The molecule has 0 fully saturated rings. The summed E-state index contributed by atoms with van der Waals surface area (Å²) in [5.74, 6) is -0.314. The van der Waals surface area contributed by atoms with Crippen molar-refractivity contribution in [1.82, 2.24) is 43.9 Å². The third-order valence-corrected chi connectivity index (χ3v) is 10.8. The van der Waals surface area contributed by atoms with Crippen LogP contribution in [0.15, 0.2) is 67.3 Å². The summed E-state index contributed by atoms with van der Waals surface area (Å²) in [4.78, 5) is 65.8. The molecule has 9 heterocycles. The number of carbonyl (C=O) groups is 3. The highest BCUT2D eigenvalue weighted by molar-refractivity contribution is 9.11. The minimum atomic E-state index is -0.636. The third kappa shape index (κ3) is 7.08. The fourth-order valence-corrected chi connectivity index (χ4v) is 7.96. The number of H-pyrrole nitrogens is 1. The van der Waals surface area contributed by atoms with Crippen molar-refractivity contribution in [2.45, 2.75) is 39.2 Å². The molecule has 14 nitrogen and oxygen atoms in total. The van der Waals surface area contributed by atoms with E-state index in [1.165, 1.54) is 4.90 Å². The molecule has 2 aliphatic rings. The number of aromatic nitrogens is 7. The Balaban J connectivity index is 0.000000130. The maximum atomic E-state index is 12.8. The number of fused-ring (bicyclic) bond motifs is 9. The van der Waals surface area contributed by atoms with Gasteiger partial charge in [0.25, 0.3) is 17.4 Å². The van der Waals surface area contributed by atoms with Gasteiger partial charge in [0, 0.05) is 80.8 Å². The summed E-state index contributed by atoms with van der Waals surface area (Å²) in [7, 11) is 5.75. The van der Waals surface area contributed by atoms with Gasteiger partial charge in [0.1, 0.15) is 36.4 Å². The number of nitrogens with zero attached hydrogens (tertiary/aromatic N) is 7. The Kier molecular flexibility index (Phi) is 10.2. The Morgan fingerprint density at radius 1 is 0.727 bits per heavy atom. The molecule has 9 rings (SSSR count). The Bertz CT molecular complexity index is 2780. The summed E-state index contributed by atoms with van der Waals surface area (Å²) in [6, 6.07) is 13.1. The van der Waals surface area contributed by atoms with Crippen LogP contribution in [0, 0.1) is 0 Å². The van der Waals surface area contributed by atoms with E-state index in [9.17, 15) is 19.2 Å². The highest BCUT2D eigenvalue weighted by Crippen LogP contribution is 2.31. The quantitative estimate of drug-likeness (QED) is 0.153. The summed E-state index contributed by atoms with van der Waals surface area (Å²) in [5.41, 5.74) is 5.86. The average molecular weight is 938 g/mol. The van der Waals surface area contributed by atoms with Gasteiger partial charge in [-0.05, 0) is 111 Å². The van der Waals surface area contributed by atoms with E-state index in [1.54, 1.807) is 33.0 Å². The molecular formula is C38H36Br3N9O5. The normalized spacial score (nSPS) is 13.9. The van der Waals surface area contributed by atoms with Crippen LogP contribution in [0.2, 0.25) is 0 Å². The molecule has 0 bridgehead atoms. The summed E-state index contributed by atoms with van der Waals surface area (Å²) in [5, 5.41) is 6.12. The number of ether oxygens (including phenoxy) is 1. The molecule has 284 valence electrons. The van der Waals surface area contributed by atoms with Crippen LogP contribution in [0.1, 0.15) is 52.9 Å². The molecule has 0 spiro atoms. The van der Waals surface area contributed by atoms with Gasteiger partial charge >= 0.3 is 6.09 Å². The maximum absolute atomic E-state index is 12.8. The molecular weight excluding hydrogens is 902 g/mol. The zero-order valence-electron chi connectivity index (χ0n) is 30.8. The van der Waals surface area contributed by atoms with Gasteiger partial charge in [-0.25, -0.2) is 24.6 Å². The summed E-state index contributed by atoms with van der Waals surface area (Å²) in [6.45, 7) is 6.36. The lowest BCUT2D eigenvalue weighted by Gasteiger charge is -2.29. The molecule has 0 aliphatic carbocycles. The van der Waals surface area contributed by atoms with Crippen LogP contribution in [-0.2, 0) is 38.7 Å². The van der Waals surface area contributed by atoms with Gasteiger partial charge in [0.15, 0.2) is 0 Å². The first-order valence-corrected chi connectivity index (χ1v) is 19.7. The Morgan fingerprint density at radius 2 is 1.25 bits per heavy atom. The molecule has 55 heavy (non-hydrogen) atoms. The first kappa shape index (κ1) is 38.4. The molecule has 0 unspecified atom stereocenters. The van der Waals surface area contributed by atoms with Gasteiger partial charge in [0.2, 0.25) is 0 Å². The number of rotatable bonds is 0. The van der Waals surface area contributed by atoms with Crippen LogP contribution in [0.5, 0.6) is 0 Å². The summed E-state index contributed by atoms with van der Waals surface area (Å²) in [6.07, 6.45) is 2.50. The van der Waals surface area contributed by atoms with E-state index in [0.29, 0.717) is 35.1 Å². The first-order chi connectivity index (χ1) is 26.1. The predicted molar refractivity (Wildman–Crippen MR) is 220 cm³/mol. The molecule has 0 atom stereocenters. The first-order valence-electron chi connectivity index (χ1n) is 17.3. The van der Waals surface area contributed by atoms with Crippen LogP contribution in [-0.4, -0.2) is 75.1 Å². The van der Waals surface area contributed by atoms with Crippen molar-refractivity contribution in [1.29, 1.82) is 0 Å². The van der Waals surface area contributed by atoms with Gasteiger partial charge in [-0.15, -0.1) is 0 Å². The zero-order valence-corrected chi connectivity index (χ0v) is 35.5. The van der Waals surface area contributed by atoms with Gasteiger partial charge in [0.05, 0.1) is 22.0 Å². The highest BCUT2D eigenvalue weighted by Gasteiger charge is 2.36. The molecule has 0 aromatic carbocycles. The largest absolute Gasteiger partial charge is 0.443 e. The van der Waals surface area contributed by atoms with E-state index in [0.717, 1.165) is 71.2 Å². The van der Waals surface area contributed by atoms with Gasteiger partial charge < -0.3 is 28.7 Å². The van der Waals surface area contributed by atoms with E-state index in [4.69, 9.17) is 4.74 Å². The number of carbonyl (C=O) groups excluding carboxylic acids is 3. The van der Waals surface area contributed by atoms with Crippen molar-refractivity contribution in [3.05, 3.63) is 95.3 Å². The molecule has 7 aromatic rings. The van der Waals surface area contributed by atoms with Crippen molar-refractivity contribution in [2.24, 2.45) is 21.1 Å². The second-order valence-corrected chi connectivity index (χ2v) is 16.5. The van der Waals surface area contributed by atoms with Crippen molar-refractivity contribution in [3.63, 3.8) is 0 Å². The third-order valence-electron chi connectivity index (χ3n) is 9.49. The maximum Gasteiger partial charge on any atom is 0.417 e. The predicted octanol–water partition coefficient (Wildman–Crippen LogP) is 7.07. The summed E-state index contributed by atoms with van der Waals surface area (Å²) >= 11 is 10.0. The molecule has 0 radical (unpaired) electrons. The number of hydrogen-bond acceptors (Lipinski definition) is 8. The van der Waals surface area contributed by atoms with Crippen molar-refractivity contribution in [3.8, 4) is 0 Å². The molecule has 0 saturated carbocycles. The molecule has 0 saturated heterocycles. The SMILES string of the molecule is Cn1c2c(c3ccc(Br)nc31)C(=O)N(C(=O)OC(C)(C)C)CC2.Cn1c2c(c3ccc(Br)nc31)C(=O)NCC2.Cn1c2cc[nH]c(=O)c2c2ccc(Br)nc21. The molecule has 17 heteroatoms. The average Bonchev–Trinajstić information content (AvgIpc) is 3.70. The van der Waals surface area contributed by atoms with E-state index >= 15 is 0 Å². The van der Waals surface area contributed by atoms with E-state index in [1.807, 2.05) is 71.2 Å². The molecule has 2 aliphatic heterocycles. The Labute approximate surface area is 339 Å². The Hall–Kier alpha value is -4.87. The van der Waals surface area contributed by atoms with E-state index in [-0.39, 0.29) is 17.4 Å². The lowest BCUT2D eigenvalue weighted by molar-refractivity contribution is 0.0233. The molecule has 7 aromatic heterocycles. The lowest BCUT2D eigenvalue weighted by Crippen LogP contribution is -2.44. The lowest BCUT2D eigenvalue weighted by atomic mass is 10.0. The molecule has 3 amide bonds. The zero-order chi connectivity index (χ0) is 39.5. The highest BCUT2D eigenvalue weighted by atomic mass is 79.9. The van der Waals surface area contributed by atoms with Crippen LogP contribution in [0.3, 0.4) is 0 Å². The van der Waals surface area contributed by atoms with Crippen LogP contribution < -0.4 is 10.9 Å². The van der Waals surface area contributed by atoms with Gasteiger partial charge in [-0.3, -0.25) is 14.4 Å². The number of halogens is 3. The smallest absolute Gasteiger partial charge is 0.417 e. The van der Waals surface area contributed by atoms with Crippen LogP contribution >= 0.6 is 47.8 Å². The van der Waals surface area contributed by atoms with Crippen molar-refractivity contribution >= 4 is 110 Å². The monoisotopic (exact) mass is 935 g/mol. The standard InChI is InChI=1S/C16H18BrN3O3.C11H10BrN3O.C11H8BrN3O/c1-16(2,3)23-15(22)20-8-7-10-12(14(20)21)9-5-6-11(17)18-13(9)19(10)4;2*1-15-7-4-5-13-11(16)9(7)6-2-3-8(12)14-10(6)15/h5-6H,7-8H2,1-4H3;2-3H,4-5H2,1H3,(H,13,16);2-5H,1H3,(H,13,16). The number of aromatic amines is 1. The van der Waals surface area contributed by atoms with Gasteiger partial charge in [-0.2, -0.15) is 0 Å². The number of amides is 3. The van der Waals surface area contributed by atoms with Gasteiger partial charge in [-0.1, -0.05) is 0 Å². The number of imide groups is 1. The fourth-order valence-electron chi connectivity index (χ4n) is 7.06. The molecule has 2 N–H and O–H groups in total. The minimum Gasteiger partial charge on any atom is -0.443 e. The number of aryl methyl sites for hydroxylation is 3. The van der Waals surface area contributed by atoms with Crippen LogP contribution in [0.25, 0.3) is 44.0 Å². The van der Waals surface area contributed by atoms with Crippen LogP contribution in [0.4, 0.5) is 4.79 Å². The van der Waals surface area contributed by atoms with E-state index < -0.39 is 11.7 Å². The minimum absolute atomic E-state index is 0.0102. The van der Waals surface area contributed by atoms with Crippen molar-refractivity contribution in [2.75, 3.05) is 13.1 Å². The Morgan fingerprint density at radius 3 is 1.84 bits per heavy atom.